The molecule has 0 aromatic rings. The van der Waals surface area contributed by atoms with Gasteiger partial charge >= 0.3 is 0 Å². The molecule has 0 N–H and O–H groups in total. The van der Waals surface area contributed by atoms with E-state index in [4.69, 9.17) is 0 Å². The van der Waals surface area contributed by atoms with Gasteiger partial charge in [0.15, 0.2) is 0 Å². The Labute approximate surface area is 138 Å². The Morgan fingerprint density at radius 2 is 1.73 bits per heavy atom. The Morgan fingerprint density at radius 3 is 2.50 bits per heavy atom. The van der Waals surface area contributed by atoms with Crippen molar-refractivity contribution in [3.05, 3.63) is 12.2 Å². The van der Waals surface area contributed by atoms with E-state index in [9.17, 15) is 0 Å². The zero-order valence-electron chi connectivity index (χ0n) is 15.3. The maximum atomic E-state index is 4.47. The highest BCUT2D eigenvalue weighted by Crippen LogP contribution is 2.67. The molecule has 0 aromatic heterocycles. The van der Waals surface area contributed by atoms with Crippen molar-refractivity contribution in [2.75, 3.05) is 0 Å². The molecule has 124 valence electrons. The lowest BCUT2D eigenvalue weighted by molar-refractivity contribution is -0.116. The van der Waals surface area contributed by atoms with Gasteiger partial charge in [-0.2, -0.15) is 0 Å². The van der Waals surface area contributed by atoms with Crippen LogP contribution in [0.3, 0.4) is 0 Å². The van der Waals surface area contributed by atoms with Gasteiger partial charge in [0.1, 0.15) is 0 Å². The molecule has 0 unspecified atom stereocenters. The Hall–Kier alpha value is -0.260. The van der Waals surface area contributed by atoms with E-state index in [0.29, 0.717) is 10.8 Å². The first-order chi connectivity index (χ1) is 10.4. The molecule has 0 spiro atoms. The van der Waals surface area contributed by atoms with Crippen molar-refractivity contribution < 1.29 is 0 Å². The molecule has 0 amide bonds. The highest BCUT2D eigenvalue weighted by molar-refractivity contribution is 5.21. The molecule has 4 saturated carbocycles. The normalized spacial score (nSPS) is 57.9. The molecule has 4 aliphatic carbocycles. The molecule has 0 aliphatic heterocycles. The highest BCUT2D eigenvalue weighted by Gasteiger charge is 2.59. The fourth-order valence-electron chi connectivity index (χ4n) is 7.72. The van der Waals surface area contributed by atoms with E-state index >= 15 is 0 Å². The fourth-order valence-corrected chi connectivity index (χ4v) is 7.72. The fraction of sp³-hybridized carbons (Fsp3) is 0.909. The van der Waals surface area contributed by atoms with Crippen LogP contribution >= 0.6 is 0 Å². The second-order valence-electron chi connectivity index (χ2n) is 10.1. The lowest BCUT2D eigenvalue weighted by Crippen LogP contribution is -2.53. The number of hydrogen-bond donors (Lipinski definition) is 0. The Balaban J connectivity index is 1.65. The molecule has 0 nitrogen and oxygen atoms in total. The predicted octanol–water partition coefficient (Wildman–Crippen LogP) is 6.47. The van der Waals surface area contributed by atoms with Gasteiger partial charge in [-0.3, -0.25) is 0 Å². The van der Waals surface area contributed by atoms with E-state index < -0.39 is 0 Å². The van der Waals surface area contributed by atoms with Crippen LogP contribution in [-0.4, -0.2) is 0 Å². The second kappa shape index (κ2) is 4.87. The minimum atomic E-state index is 0.498. The number of allylic oxidation sites excluding steroid dienone is 1. The molecule has 0 saturated heterocycles. The zero-order valence-corrected chi connectivity index (χ0v) is 15.3. The molecule has 22 heavy (non-hydrogen) atoms. The summed E-state index contributed by atoms with van der Waals surface area (Å²) in [6.07, 6.45) is 11.8. The van der Waals surface area contributed by atoms with Crippen LogP contribution in [0.25, 0.3) is 0 Å². The van der Waals surface area contributed by atoms with Crippen molar-refractivity contribution in [1.29, 1.82) is 0 Å². The SMILES string of the molecule is C=C1CC[C@H]2[C@@H]3CC[C@H]4C[C@H](C)[C@@H](C)C[C@]4(C)[C@H]3CC[C@]12C. The van der Waals surface area contributed by atoms with Crippen molar-refractivity contribution in [3.8, 4) is 0 Å². The predicted molar refractivity (Wildman–Crippen MR) is 94.6 cm³/mol. The summed E-state index contributed by atoms with van der Waals surface area (Å²) in [5.41, 5.74) is 2.74. The van der Waals surface area contributed by atoms with Crippen LogP contribution in [0.15, 0.2) is 12.2 Å². The largest absolute Gasteiger partial charge is 0.0993 e. The van der Waals surface area contributed by atoms with Gasteiger partial charge in [0.2, 0.25) is 0 Å². The number of fused-ring (bicyclic) bond motifs is 5. The van der Waals surface area contributed by atoms with Crippen LogP contribution in [0.5, 0.6) is 0 Å². The average Bonchev–Trinajstić information content (AvgIpc) is 2.77. The Bertz CT molecular complexity index is 476. The molecular formula is C22H36. The van der Waals surface area contributed by atoms with E-state index in [1.165, 1.54) is 51.4 Å². The zero-order chi connectivity index (χ0) is 15.7. The van der Waals surface area contributed by atoms with E-state index in [1.54, 1.807) is 5.57 Å². The smallest absolute Gasteiger partial charge is 0.00879 e. The molecule has 8 atom stereocenters. The topological polar surface area (TPSA) is 0 Å². The molecule has 0 radical (unpaired) electrons. The van der Waals surface area contributed by atoms with Gasteiger partial charge in [-0.15, -0.1) is 0 Å². The van der Waals surface area contributed by atoms with E-state index in [0.717, 1.165) is 35.5 Å². The summed E-state index contributed by atoms with van der Waals surface area (Å²) in [7, 11) is 0. The summed E-state index contributed by atoms with van der Waals surface area (Å²) in [5.74, 6) is 5.91. The second-order valence-corrected chi connectivity index (χ2v) is 10.1. The van der Waals surface area contributed by atoms with Crippen LogP contribution in [-0.2, 0) is 0 Å². The van der Waals surface area contributed by atoms with Crippen molar-refractivity contribution in [1.82, 2.24) is 0 Å². The highest BCUT2D eigenvalue weighted by atomic mass is 14.6. The molecule has 4 rings (SSSR count). The van der Waals surface area contributed by atoms with Crippen molar-refractivity contribution in [2.24, 2.45) is 46.3 Å². The Kier molecular flexibility index (Phi) is 3.38. The van der Waals surface area contributed by atoms with Crippen molar-refractivity contribution in [2.45, 2.75) is 79.1 Å². The molecule has 0 aromatic carbocycles. The van der Waals surface area contributed by atoms with Crippen LogP contribution < -0.4 is 0 Å². The molecule has 0 heteroatoms. The summed E-state index contributed by atoms with van der Waals surface area (Å²) in [4.78, 5) is 0. The Morgan fingerprint density at radius 1 is 0.955 bits per heavy atom. The molecule has 0 bridgehead atoms. The number of hydrogen-bond acceptors (Lipinski definition) is 0. The lowest BCUT2D eigenvalue weighted by Gasteiger charge is -2.61. The summed E-state index contributed by atoms with van der Waals surface area (Å²) < 4.78 is 0. The van der Waals surface area contributed by atoms with Crippen LogP contribution in [0.1, 0.15) is 79.1 Å². The minimum absolute atomic E-state index is 0.498. The van der Waals surface area contributed by atoms with Crippen molar-refractivity contribution >= 4 is 0 Å². The summed E-state index contributed by atoms with van der Waals surface area (Å²) >= 11 is 0. The van der Waals surface area contributed by atoms with E-state index in [-0.39, 0.29) is 0 Å². The van der Waals surface area contributed by atoms with E-state index in [2.05, 4.69) is 34.3 Å². The summed E-state index contributed by atoms with van der Waals surface area (Å²) in [6, 6.07) is 0. The first kappa shape index (κ1) is 15.3. The molecule has 4 aliphatic rings. The maximum absolute atomic E-state index is 4.47. The standard InChI is InChI=1S/C22H36/c1-14-12-17-7-8-18-19-9-6-16(3)21(19,4)11-10-20(18)22(17,5)13-15(14)2/h14-15,17-20H,3,6-13H2,1-2,4-5H3/t14-,15-,17-,18-,19-,20-,21+,22-/m0/s1. The van der Waals surface area contributed by atoms with Gasteiger partial charge in [0, 0.05) is 0 Å². The third kappa shape index (κ3) is 1.88. The van der Waals surface area contributed by atoms with Gasteiger partial charge in [-0.25, -0.2) is 0 Å². The first-order valence-corrected chi connectivity index (χ1v) is 10.0. The maximum Gasteiger partial charge on any atom is -0.00879 e. The van der Waals surface area contributed by atoms with Crippen LogP contribution in [0, 0.1) is 46.3 Å². The van der Waals surface area contributed by atoms with Gasteiger partial charge < -0.3 is 0 Å². The van der Waals surface area contributed by atoms with Gasteiger partial charge in [-0.1, -0.05) is 39.8 Å². The van der Waals surface area contributed by atoms with Gasteiger partial charge in [0.05, 0.1) is 0 Å². The van der Waals surface area contributed by atoms with E-state index in [1.807, 2.05) is 0 Å². The monoisotopic (exact) mass is 300 g/mol. The van der Waals surface area contributed by atoms with Crippen LogP contribution in [0.4, 0.5) is 0 Å². The summed E-state index contributed by atoms with van der Waals surface area (Å²) in [6.45, 7) is 14.8. The van der Waals surface area contributed by atoms with Gasteiger partial charge in [-0.05, 0) is 97.7 Å². The third-order valence-corrected chi connectivity index (χ3v) is 9.41. The molecule has 0 heterocycles. The van der Waals surface area contributed by atoms with Crippen molar-refractivity contribution in [3.63, 3.8) is 0 Å². The molecule has 4 fully saturated rings. The number of rotatable bonds is 0. The van der Waals surface area contributed by atoms with Gasteiger partial charge in [0.25, 0.3) is 0 Å². The van der Waals surface area contributed by atoms with Crippen LogP contribution in [0.2, 0.25) is 0 Å². The first-order valence-electron chi connectivity index (χ1n) is 10.0. The quantitative estimate of drug-likeness (QED) is 0.450. The average molecular weight is 301 g/mol. The summed E-state index contributed by atoms with van der Waals surface area (Å²) in [5, 5.41) is 0. The minimum Gasteiger partial charge on any atom is -0.0993 e. The third-order valence-electron chi connectivity index (χ3n) is 9.41. The lowest BCUT2D eigenvalue weighted by atomic mass is 9.43. The molecular weight excluding hydrogens is 264 g/mol.